The van der Waals surface area contributed by atoms with Crippen molar-refractivity contribution in [3.63, 3.8) is 0 Å². The summed E-state index contributed by atoms with van der Waals surface area (Å²) >= 11 is 9.63. The molecule has 0 saturated carbocycles. The number of allylic oxidation sites excluding steroid dienone is 1. The van der Waals surface area contributed by atoms with E-state index in [4.69, 9.17) is 16.6 Å². The highest BCUT2D eigenvalue weighted by molar-refractivity contribution is 9.10. The van der Waals surface area contributed by atoms with Gasteiger partial charge in [0.2, 0.25) is 0 Å². The molecule has 0 aromatic heterocycles. The normalized spacial score (nSPS) is 18.4. The van der Waals surface area contributed by atoms with Crippen LogP contribution in [0.5, 0.6) is 0 Å². The van der Waals surface area contributed by atoms with E-state index < -0.39 is 0 Å². The molecule has 1 fully saturated rings. The molecule has 0 unspecified atom stereocenters. The van der Waals surface area contributed by atoms with Crippen LogP contribution < -0.4 is 0 Å². The van der Waals surface area contributed by atoms with E-state index in [1.807, 2.05) is 18.2 Å². The predicted octanol–water partition coefficient (Wildman–Crippen LogP) is 5.54. The molecule has 0 atom stereocenters. The summed E-state index contributed by atoms with van der Waals surface area (Å²) in [6.07, 6.45) is 5.45. The first-order valence-corrected chi connectivity index (χ1v) is 7.74. The van der Waals surface area contributed by atoms with Crippen molar-refractivity contribution in [3.05, 3.63) is 39.5 Å². The lowest BCUT2D eigenvalue weighted by atomic mass is 10.2. The van der Waals surface area contributed by atoms with Crippen molar-refractivity contribution in [3.8, 4) is 0 Å². The van der Waals surface area contributed by atoms with Crippen molar-refractivity contribution < 1.29 is 0 Å². The molecule has 1 aliphatic heterocycles. The molecule has 1 aromatic carbocycles. The monoisotopic (exact) mass is 340 g/mol. The maximum Gasteiger partial charge on any atom is 0.109 e. The molecule has 102 valence electrons. The van der Waals surface area contributed by atoms with Crippen molar-refractivity contribution in [1.82, 2.24) is 4.90 Å². The molecule has 0 aliphatic carbocycles. The zero-order valence-electron chi connectivity index (χ0n) is 11.3. The molecule has 1 aliphatic rings. The van der Waals surface area contributed by atoms with Gasteiger partial charge in [0.05, 0.1) is 10.7 Å². The highest BCUT2D eigenvalue weighted by atomic mass is 79.9. The zero-order chi connectivity index (χ0) is 13.8. The summed E-state index contributed by atoms with van der Waals surface area (Å²) in [4.78, 5) is 6.96. The van der Waals surface area contributed by atoms with Crippen molar-refractivity contribution >= 4 is 39.1 Å². The van der Waals surface area contributed by atoms with Gasteiger partial charge in [-0.1, -0.05) is 40.0 Å². The van der Waals surface area contributed by atoms with Crippen LogP contribution in [0.2, 0.25) is 5.02 Å². The molecule has 19 heavy (non-hydrogen) atoms. The van der Waals surface area contributed by atoms with Gasteiger partial charge in [-0.05, 0) is 38.0 Å². The lowest BCUT2D eigenvalue weighted by molar-refractivity contribution is 0.595. The van der Waals surface area contributed by atoms with Crippen LogP contribution in [0.15, 0.2) is 39.4 Å². The Balaban J connectivity index is 2.26. The van der Waals surface area contributed by atoms with Gasteiger partial charge >= 0.3 is 0 Å². The van der Waals surface area contributed by atoms with E-state index in [1.54, 1.807) is 0 Å². The minimum atomic E-state index is 0.685. The number of hydrogen-bond acceptors (Lipinski definition) is 1. The molecule has 0 N–H and O–H groups in total. The summed E-state index contributed by atoms with van der Waals surface area (Å²) < 4.78 is 0.978. The standard InChI is InChI=1S/C15H18BrClN2/c1-3-11(2)10-19-8-4-5-15(19)18-14-7-6-12(16)9-13(14)17/h6-7,9-10H,3-5,8H2,1-2H3. The van der Waals surface area contributed by atoms with E-state index in [2.05, 4.69) is 40.9 Å². The zero-order valence-corrected chi connectivity index (χ0v) is 13.6. The summed E-state index contributed by atoms with van der Waals surface area (Å²) in [6, 6.07) is 5.80. The van der Waals surface area contributed by atoms with Crippen LogP contribution in [0.4, 0.5) is 5.69 Å². The topological polar surface area (TPSA) is 15.6 Å². The number of rotatable bonds is 3. The van der Waals surface area contributed by atoms with Crippen LogP contribution in [-0.2, 0) is 0 Å². The van der Waals surface area contributed by atoms with Crippen molar-refractivity contribution in [1.29, 1.82) is 0 Å². The van der Waals surface area contributed by atoms with E-state index >= 15 is 0 Å². The molecule has 2 rings (SSSR count). The fraction of sp³-hybridized carbons (Fsp3) is 0.400. The average molecular weight is 342 g/mol. The Morgan fingerprint density at radius 1 is 1.53 bits per heavy atom. The molecule has 1 heterocycles. The number of hydrogen-bond donors (Lipinski definition) is 0. The summed E-state index contributed by atoms with van der Waals surface area (Å²) in [7, 11) is 0. The van der Waals surface area contributed by atoms with Gasteiger partial charge in [-0.2, -0.15) is 0 Å². The fourth-order valence-corrected chi connectivity index (χ4v) is 2.72. The molecule has 0 spiro atoms. The summed E-state index contributed by atoms with van der Waals surface area (Å²) in [6.45, 7) is 5.37. The average Bonchev–Trinajstić information content (AvgIpc) is 2.80. The number of benzene rings is 1. The Morgan fingerprint density at radius 3 is 3.00 bits per heavy atom. The number of likely N-dealkylation sites (tertiary alicyclic amines) is 1. The van der Waals surface area contributed by atoms with E-state index in [0.717, 1.165) is 41.8 Å². The second-order valence-corrected chi connectivity index (χ2v) is 6.07. The van der Waals surface area contributed by atoms with Crippen LogP contribution in [0, 0.1) is 0 Å². The van der Waals surface area contributed by atoms with Crippen LogP contribution in [0.3, 0.4) is 0 Å². The molecule has 2 nitrogen and oxygen atoms in total. The Morgan fingerprint density at radius 2 is 2.32 bits per heavy atom. The molecule has 0 radical (unpaired) electrons. The molecular weight excluding hydrogens is 324 g/mol. The summed E-state index contributed by atoms with van der Waals surface area (Å²) in [5, 5.41) is 0.685. The van der Waals surface area contributed by atoms with Gasteiger partial charge in [-0.3, -0.25) is 0 Å². The Labute approximate surface area is 128 Å². The van der Waals surface area contributed by atoms with Crippen LogP contribution in [0.1, 0.15) is 33.1 Å². The third-order valence-electron chi connectivity index (χ3n) is 3.22. The van der Waals surface area contributed by atoms with Crippen LogP contribution in [0.25, 0.3) is 0 Å². The maximum absolute atomic E-state index is 6.22. The number of nitrogens with zero attached hydrogens (tertiary/aromatic N) is 2. The van der Waals surface area contributed by atoms with Crippen molar-refractivity contribution in [2.45, 2.75) is 33.1 Å². The van der Waals surface area contributed by atoms with E-state index in [0.29, 0.717) is 5.02 Å². The SMILES string of the molecule is CCC(C)=CN1CCCC1=Nc1ccc(Br)cc1Cl. The number of amidine groups is 1. The highest BCUT2D eigenvalue weighted by Crippen LogP contribution is 2.29. The Hall–Kier alpha value is -0.800. The molecule has 0 amide bonds. The quantitative estimate of drug-likeness (QED) is 0.704. The summed E-state index contributed by atoms with van der Waals surface area (Å²) in [5.74, 6) is 1.11. The smallest absolute Gasteiger partial charge is 0.109 e. The lowest BCUT2D eigenvalue weighted by Gasteiger charge is -2.15. The van der Waals surface area contributed by atoms with Gasteiger partial charge in [0.25, 0.3) is 0 Å². The maximum atomic E-state index is 6.22. The van der Waals surface area contributed by atoms with Gasteiger partial charge in [-0.15, -0.1) is 0 Å². The first kappa shape index (κ1) is 14.6. The minimum absolute atomic E-state index is 0.685. The lowest BCUT2D eigenvalue weighted by Crippen LogP contribution is -2.18. The molecule has 1 saturated heterocycles. The fourth-order valence-electron chi connectivity index (χ4n) is 2.01. The number of aliphatic imine (C=N–C) groups is 1. The summed E-state index contributed by atoms with van der Waals surface area (Å²) in [5.41, 5.74) is 2.21. The molecular formula is C15H18BrClN2. The Kier molecular flexibility index (Phi) is 5.06. The molecule has 1 aromatic rings. The third-order valence-corrected chi connectivity index (χ3v) is 4.02. The van der Waals surface area contributed by atoms with Crippen LogP contribution >= 0.6 is 27.5 Å². The highest BCUT2D eigenvalue weighted by Gasteiger charge is 2.17. The predicted molar refractivity (Wildman–Crippen MR) is 86.2 cm³/mol. The largest absolute Gasteiger partial charge is 0.337 e. The van der Waals surface area contributed by atoms with E-state index in [-0.39, 0.29) is 0 Å². The van der Waals surface area contributed by atoms with Crippen molar-refractivity contribution in [2.24, 2.45) is 4.99 Å². The number of halogens is 2. The van der Waals surface area contributed by atoms with Gasteiger partial charge in [-0.25, -0.2) is 4.99 Å². The molecule has 0 bridgehead atoms. The van der Waals surface area contributed by atoms with Gasteiger partial charge in [0, 0.05) is 23.6 Å². The van der Waals surface area contributed by atoms with Gasteiger partial charge in [0.1, 0.15) is 5.84 Å². The second kappa shape index (κ2) is 6.58. The van der Waals surface area contributed by atoms with E-state index in [1.165, 1.54) is 5.57 Å². The van der Waals surface area contributed by atoms with Crippen LogP contribution in [-0.4, -0.2) is 17.3 Å². The first-order chi connectivity index (χ1) is 9.10. The Bertz CT molecular complexity index is 523. The molecule has 4 heteroatoms. The second-order valence-electron chi connectivity index (χ2n) is 4.75. The minimum Gasteiger partial charge on any atom is -0.337 e. The van der Waals surface area contributed by atoms with Gasteiger partial charge in [0.15, 0.2) is 0 Å². The first-order valence-electron chi connectivity index (χ1n) is 6.56. The van der Waals surface area contributed by atoms with E-state index in [9.17, 15) is 0 Å². The van der Waals surface area contributed by atoms with Gasteiger partial charge < -0.3 is 4.90 Å². The third kappa shape index (κ3) is 3.83. The van der Waals surface area contributed by atoms with Crippen molar-refractivity contribution in [2.75, 3.05) is 6.54 Å².